The summed E-state index contributed by atoms with van der Waals surface area (Å²) in [6.45, 7) is 4.84. The highest BCUT2D eigenvalue weighted by Crippen LogP contribution is 2.19. The van der Waals surface area contributed by atoms with Crippen LogP contribution in [0, 0.1) is 0 Å². The third-order valence-electron chi connectivity index (χ3n) is 8.51. The molecule has 0 heterocycles. The third-order valence-corrected chi connectivity index (χ3v) is 9.36. The number of benzene rings is 1. The molecule has 0 fully saturated rings. The van der Waals surface area contributed by atoms with Gasteiger partial charge in [0.1, 0.15) is 0 Å². The molecule has 0 bridgehead atoms. The fourth-order valence-corrected chi connectivity index (χ4v) is 6.01. The van der Waals surface area contributed by atoms with Gasteiger partial charge in [0.25, 0.3) is 10.1 Å². The normalized spacial score (nSPS) is 11.9. The summed E-state index contributed by atoms with van der Waals surface area (Å²) in [5, 5.41) is 0. The molecule has 1 aromatic carbocycles. The largest absolute Gasteiger partial charge is 0.462 e. The molecule has 1 N–H and O–H groups in total. The van der Waals surface area contributed by atoms with Crippen molar-refractivity contribution in [1.29, 1.82) is 0 Å². The van der Waals surface area contributed by atoms with E-state index in [2.05, 4.69) is 38.2 Å². The van der Waals surface area contributed by atoms with Gasteiger partial charge in [-0.2, -0.15) is 8.42 Å². The van der Waals surface area contributed by atoms with E-state index in [1.54, 1.807) is 0 Å². The lowest BCUT2D eigenvalue weighted by Crippen LogP contribution is -2.16. The van der Waals surface area contributed by atoms with Gasteiger partial charge in [0.05, 0.1) is 29.2 Å². The number of rotatable bonds is 31. The van der Waals surface area contributed by atoms with Crippen LogP contribution in [0.3, 0.4) is 0 Å². The van der Waals surface area contributed by atoms with E-state index in [0.717, 1.165) is 76.3 Å². The topological polar surface area (TPSA) is 107 Å². The molecule has 0 aromatic heterocycles. The summed E-state index contributed by atoms with van der Waals surface area (Å²) in [7, 11) is -4.57. The van der Waals surface area contributed by atoms with E-state index in [1.165, 1.54) is 83.1 Å². The number of carbonyl (C=O) groups excluding carboxylic acids is 2. The molecule has 0 atom stereocenters. The first kappa shape index (κ1) is 43.6. The highest BCUT2D eigenvalue weighted by molar-refractivity contribution is 7.85. The van der Waals surface area contributed by atoms with Crippen LogP contribution in [0.15, 0.2) is 47.4 Å². The van der Waals surface area contributed by atoms with Gasteiger partial charge in [-0.05, 0) is 82.4 Å². The van der Waals surface area contributed by atoms with E-state index in [4.69, 9.17) is 9.47 Å². The number of unbranched alkanes of at least 4 members (excludes halogenated alkanes) is 20. The highest BCUT2D eigenvalue weighted by atomic mass is 32.2. The molecule has 0 saturated heterocycles. The molecule has 8 heteroatoms. The molecule has 7 nitrogen and oxygen atoms in total. The first-order chi connectivity index (χ1) is 23.3. The van der Waals surface area contributed by atoms with E-state index in [0.29, 0.717) is 12.8 Å². The average Bonchev–Trinajstić information content (AvgIpc) is 3.07. The molecule has 0 aliphatic heterocycles. The summed E-state index contributed by atoms with van der Waals surface area (Å²) in [5.41, 5.74) is -0.297. The summed E-state index contributed by atoms with van der Waals surface area (Å²) >= 11 is 0. The van der Waals surface area contributed by atoms with Crippen molar-refractivity contribution >= 4 is 22.1 Å². The van der Waals surface area contributed by atoms with Gasteiger partial charge in [-0.25, -0.2) is 9.59 Å². The van der Waals surface area contributed by atoms with Gasteiger partial charge in [0.15, 0.2) is 0 Å². The summed E-state index contributed by atoms with van der Waals surface area (Å²) in [4.78, 5) is 25.2. The van der Waals surface area contributed by atoms with E-state index in [1.807, 2.05) is 0 Å². The van der Waals surface area contributed by atoms with E-state index in [9.17, 15) is 22.6 Å². The van der Waals surface area contributed by atoms with Crippen molar-refractivity contribution in [2.75, 3.05) is 13.2 Å². The first-order valence-corrected chi connectivity index (χ1v) is 20.5. The molecule has 0 aliphatic rings. The molecule has 0 saturated carbocycles. The minimum Gasteiger partial charge on any atom is -0.462 e. The number of esters is 2. The Labute approximate surface area is 293 Å². The predicted molar refractivity (Wildman–Crippen MR) is 197 cm³/mol. The Morgan fingerprint density at radius 2 is 0.896 bits per heavy atom. The van der Waals surface area contributed by atoms with Crippen LogP contribution in [0.25, 0.3) is 0 Å². The van der Waals surface area contributed by atoms with Crippen molar-refractivity contribution < 1.29 is 32.0 Å². The summed E-state index contributed by atoms with van der Waals surface area (Å²) in [5.74, 6) is -1.53. The summed E-state index contributed by atoms with van der Waals surface area (Å²) in [6.07, 6.45) is 36.6. The fraction of sp³-hybridized carbons (Fsp3) is 0.700. The molecule has 48 heavy (non-hydrogen) atoms. The monoisotopic (exact) mass is 690 g/mol. The van der Waals surface area contributed by atoms with Crippen LogP contribution < -0.4 is 0 Å². The molecule has 1 rings (SSSR count). The van der Waals surface area contributed by atoms with Gasteiger partial charge in [-0.15, -0.1) is 0 Å². The maximum absolute atomic E-state index is 12.9. The number of hydrogen-bond donors (Lipinski definition) is 1. The van der Waals surface area contributed by atoms with Crippen molar-refractivity contribution in [3.05, 3.63) is 53.6 Å². The van der Waals surface area contributed by atoms with Gasteiger partial charge < -0.3 is 9.47 Å². The molecule has 1 aromatic rings. The predicted octanol–water partition coefficient (Wildman–Crippen LogP) is 11.8. The number of carbonyl (C=O) groups is 2. The van der Waals surface area contributed by atoms with Gasteiger partial charge in [-0.3, -0.25) is 4.55 Å². The van der Waals surface area contributed by atoms with E-state index in [-0.39, 0.29) is 24.3 Å². The lowest BCUT2D eigenvalue weighted by Gasteiger charge is -2.11. The van der Waals surface area contributed by atoms with Crippen LogP contribution in [-0.2, 0) is 19.6 Å². The first-order valence-electron chi connectivity index (χ1n) is 19.1. The molecule has 0 radical (unpaired) electrons. The van der Waals surface area contributed by atoms with E-state index < -0.39 is 27.0 Å². The molecular weight excluding hydrogens is 624 g/mol. The van der Waals surface area contributed by atoms with Gasteiger partial charge in [0.2, 0.25) is 0 Å². The van der Waals surface area contributed by atoms with Crippen LogP contribution in [0.5, 0.6) is 0 Å². The van der Waals surface area contributed by atoms with Gasteiger partial charge >= 0.3 is 11.9 Å². The Morgan fingerprint density at radius 1 is 0.542 bits per heavy atom. The Bertz CT molecular complexity index is 1140. The minimum absolute atomic E-state index is 0.0735. The smallest absolute Gasteiger partial charge is 0.339 e. The Balaban J connectivity index is 2.33. The van der Waals surface area contributed by atoms with Crippen LogP contribution in [0.1, 0.15) is 189 Å². The molecule has 0 amide bonds. The average molecular weight is 691 g/mol. The second-order valence-corrected chi connectivity index (χ2v) is 14.3. The standard InChI is InChI=1S/C40H66O7S/c1-3-5-7-9-11-13-15-17-19-21-23-25-27-29-33-46-39(41)37-32-31-36(48(43,44)45)35-38(37)40(42)47-34-30-28-26-24-22-20-18-16-14-12-10-8-6-4-2/h17-20,31-32,35H,3-16,21-30,33-34H2,1-2H3,(H,43,44,45)/b19-17+,20-18+. The lowest BCUT2D eigenvalue weighted by molar-refractivity contribution is 0.0450. The van der Waals surface area contributed by atoms with Gasteiger partial charge in [-0.1, -0.05) is 128 Å². The van der Waals surface area contributed by atoms with Crippen molar-refractivity contribution in [3.8, 4) is 0 Å². The Kier molecular flexibility index (Phi) is 26.7. The van der Waals surface area contributed by atoms with Crippen LogP contribution >= 0.6 is 0 Å². The fourth-order valence-electron chi connectivity index (χ4n) is 5.51. The van der Waals surface area contributed by atoms with Crippen molar-refractivity contribution in [2.24, 2.45) is 0 Å². The quantitative estimate of drug-likeness (QED) is 0.0357. The highest BCUT2D eigenvalue weighted by Gasteiger charge is 2.23. The zero-order valence-electron chi connectivity index (χ0n) is 30.2. The van der Waals surface area contributed by atoms with Crippen LogP contribution in [0.4, 0.5) is 0 Å². The Hall–Kier alpha value is -2.45. The second kappa shape index (κ2) is 29.5. The summed E-state index contributed by atoms with van der Waals surface area (Å²) in [6, 6.07) is 3.26. The minimum atomic E-state index is -4.57. The second-order valence-electron chi connectivity index (χ2n) is 12.9. The zero-order chi connectivity index (χ0) is 35.1. The van der Waals surface area contributed by atoms with Crippen molar-refractivity contribution in [3.63, 3.8) is 0 Å². The maximum atomic E-state index is 12.9. The molecular formula is C40H66O7S. The van der Waals surface area contributed by atoms with Crippen LogP contribution in [-0.4, -0.2) is 38.1 Å². The molecule has 274 valence electrons. The van der Waals surface area contributed by atoms with Crippen molar-refractivity contribution in [2.45, 2.75) is 173 Å². The summed E-state index contributed by atoms with van der Waals surface area (Å²) < 4.78 is 43.7. The number of hydrogen-bond acceptors (Lipinski definition) is 6. The zero-order valence-corrected chi connectivity index (χ0v) is 31.0. The van der Waals surface area contributed by atoms with Crippen molar-refractivity contribution in [1.82, 2.24) is 0 Å². The molecule has 0 unspecified atom stereocenters. The molecule has 0 aliphatic carbocycles. The lowest BCUT2D eigenvalue weighted by atomic mass is 10.1. The SMILES string of the molecule is CCCCCCCC/C=C/CCCCCCOC(=O)c1ccc(S(=O)(=O)O)cc1C(=O)OCCCCCC/C=C/CCCCCCCC. The van der Waals surface area contributed by atoms with E-state index >= 15 is 0 Å². The number of ether oxygens (including phenoxy) is 2. The number of allylic oxidation sites excluding steroid dienone is 4. The van der Waals surface area contributed by atoms with Gasteiger partial charge in [0, 0.05) is 0 Å². The Morgan fingerprint density at radius 3 is 1.29 bits per heavy atom. The van der Waals surface area contributed by atoms with Crippen LogP contribution in [0.2, 0.25) is 0 Å². The third kappa shape index (κ3) is 23.0. The molecule has 0 spiro atoms. The maximum Gasteiger partial charge on any atom is 0.339 e.